The van der Waals surface area contributed by atoms with Crippen LogP contribution in [0, 0.1) is 0 Å². The van der Waals surface area contributed by atoms with E-state index in [1.54, 1.807) is 0 Å². The highest BCUT2D eigenvalue weighted by atomic mass is 16.3. The Morgan fingerprint density at radius 2 is 1.04 bits per heavy atom. The highest BCUT2D eigenvalue weighted by molar-refractivity contribution is 5.48. The van der Waals surface area contributed by atoms with E-state index in [1.807, 2.05) is 24.3 Å². The van der Waals surface area contributed by atoms with Crippen LogP contribution >= 0.6 is 0 Å². The average molecular weight is 303 g/mol. The summed E-state index contributed by atoms with van der Waals surface area (Å²) in [5.74, 6) is 0. The first kappa shape index (κ1) is 15.3. The van der Waals surface area contributed by atoms with Crippen molar-refractivity contribution >= 4 is 5.69 Å². The van der Waals surface area contributed by atoms with Gasteiger partial charge in [-0.15, -0.1) is 0 Å². The molecule has 3 rings (SSSR count). The van der Waals surface area contributed by atoms with Gasteiger partial charge in [-0.3, -0.25) is 0 Å². The Hall–Kier alpha value is -2.58. The van der Waals surface area contributed by atoms with Gasteiger partial charge in [0, 0.05) is 18.8 Å². The van der Waals surface area contributed by atoms with E-state index in [2.05, 4.69) is 65.6 Å². The van der Waals surface area contributed by atoms with Crippen molar-refractivity contribution in [3.8, 4) is 0 Å². The lowest BCUT2D eigenvalue weighted by molar-refractivity contribution is 0.282. The molecule has 1 N–H and O–H groups in total. The Morgan fingerprint density at radius 3 is 1.48 bits per heavy atom. The summed E-state index contributed by atoms with van der Waals surface area (Å²) in [6, 6.07) is 29.1. The lowest BCUT2D eigenvalue weighted by atomic mass is 10.1. The maximum Gasteiger partial charge on any atom is 0.0681 e. The average Bonchev–Trinajstić information content (AvgIpc) is 2.63. The molecule has 0 aliphatic carbocycles. The molecule has 0 radical (unpaired) electrons. The van der Waals surface area contributed by atoms with Crippen molar-refractivity contribution in [2.45, 2.75) is 19.7 Å². The van der Waals surface area contributed by atoms with E-state index in [-0.39, 0.29) is 6.61 Å². The molecule has 0 saturated heterocycles. The molecule has 0 aliphatic rings. The van der Waals surface area contributed by atoms with Crippen LogP contribution in [0.2, 0.25) is 0 Å². The standard InChI is InChI=1S/C21H21NO/c23-17-20-11-13-21(14-12-20)22(15-18-7-3-1-4-8-18)16-19-9-5-2-6-10-19/h1-14,23H,15-17H2. The third kappa shape index (κ3) is 4.21. The van der Waals surface area contributed by atoms with Crippen molar-refractivity contribution in [2.24, 2.45) is 0 Å². The molecule has 0 fully saturated rings. The van der Waals surface area contributed by atoms with E-state index in [9.17, 15) is 5.11 Å². The second-order valence-corrected chi connectivity index (χ2v) is 5.65. The molecule has 116 valence electrons. The smallest absolute Gasteiger partial charge is 0.0681 e. The maximum absolute atomic E-state index is 9.22. The minimum atomic E-state index is 0.0810. The normalized spacial score (nSPS) is 10.5. The number of aliphatic hydroxyl groups excluding tert-OH is 1. The number of hydrogen-bond acceptors (Lipinski definition) is 2. The molecule has 0 bridgehead atoms. The molecule has 0 atom stereocenters. The second-order valence-electron chi connectivity index (χ2n) is 5.65. The summed E-state index contributed by atoms with van der Waals surface area (Å²) in [5, 5.41) is 9.22. The van der Waals surface area contributed by atoms with Crippen LogP contribution in [0.4, 0.5) is 5.69 Å². The molecule has 0 heterocycles. The minimum Gasteiger partial charge on any atom is -0.392 e. The molecule has 3 aromatic carbocycles. The van der Waals surface area contributed by atoms with Crippen LogP contribution in [0.3, 0.4) is 0 Å². The zero-order chi connectivity index (χ0) is 15.9. The van der Waals surface area contributed by atoms with Gasteiger partial charge in [0.05, 0.1) is 6.61 Å². The van der Waals surface area contributed by atoms with Crippen LogP contribution in [0.25, 0.3) is 0 Å². The molecule has 2 heteroatoms. The molecular weight excluding hydrogens is 282 g/mol. The van der Waals surface area contributed by atoms with Crippen molar-refractivity contribution in [3.63, 3.8) is 0 Å². The highest BCUT2D eigenvalue weighted by Crippen LogP contribution is 2.21. The molecule has 0 unspecified atom stereocenters. The summed E-state index contributed by atoms with van der Waals surface area (Å²) < 4.78 is 0. The molecule has 0 amide bonds. The summed E-state index contributed by atoms with van der Waals surface area (Å²) in [6.07, 6.45) is 0. The van der Waals surface area contributed by atoms with Gasteiger partial charge in [0.2, 0.25) is 0 Å². The number of hydrogen-bond donors (Lipinski definition) is 1. The minimum absolute atomic E-state index is 0.0810. The molecule has 0 aliphatic heterocycles. The van der Waals surface area contributed by atoms with Crippen LogP contribution in [0.15, 0.2) is 84.9 Å². The molecule has 0 saturated carbocycles. The number of aliphatic hydroxyl groups is 1. The first-order chi connectivity index (χ1) is 11.3. The van der Waals surface area contributed by atoms with E-state index in [1.165, 1.54) is 11.1 Å². The van der Waals surface area contributed by atoms with Crippen LogP contribution < -0.4 is 4.90 Å². The third-order valence-corrected chi connectivity index (χ3v) is 3.92. The Balaban J connectivity index is 1.85. The fourth-order valence-corrected chi connectivity index (χ4v) is 2.66. The predicted molar refractivity (Wildman–Crippen MR) is 95.1 cm³/mol. The Kier molecular flexibility index (Phi) is 5.07. The van der Waals surface area contributed by atoms with Gasteiger partial charge in [-0.25, -0.2) is 0 Å². The first-order valence-electron chi connectivity index (χ1n) is 7.88. The third-order valence-electron chi connectivity index (χ3n) is 3.92. The van der Waals surface area contributed by atoms with Crippen molar-refractivity contribution in [3.05, 3.63) is 102 Å². The summed E-state index contributed by atoms with van der Waals surface area (Å²) in [7, 11) is 0. The van der Waals surface area contributed by atoms with Gasteiger partial charge in [-0.05, 0) is 28.8 Å². The molecule has 2 nitrogen and oxygen atoms in total. The lowest BCUT2D eigenvalue weighted by Crippen LogP contribution is -2.22. The molecular formula is C21H21NO. The molecule has 0 aromatic heterocycles. The van der Waals surface area contributed by atoms with E-state index in [4.69, 9.17) is 0 Å². The van der Waals surface area contributed by atoms with Gasteiger partial charge in [0.1, 0.15) is 0 Å². The lowest BCUT2D eigenvalue weighted by Gasteiger charge is -2.25. The maximum atomic E-state index is 9.22. The zero-order valence-electron chi connectivity index (χ0n) is 13.1. The number of nitrogens with zero attached hydrogens (tertiary/aromatic N) is 1. The summed E-state index contributed by atoms with van der Waals surface area (Å²) in [4.78, 5) is 2.35. The van der Waals surface area contributed by atoms with Crippen molar-refractivity contribution < 1.29 is 5.11 Å². The largest absolute Gasteiger partial charge is 0.392 e. The van der Waals surface area contributed by atoms with Gasteiger partial charge in [0.25, 0.3) is 0 Å². The van der Waals surface area contributed by atoms with Gasteiger partial charge >= 0.3 is 0 Å². The Morgan fingerprint density at radius 1 is 0.565 bits per heavy atom. The first-order valence-corrected chi connectivity index (χ1v) is 7.88. The van der Waals surface area contributed by atoms with Crippen LogP contribution in [-0.4, -0.2) is 5.11 Å². The van der Waals surface area contributed by atoms with Crippen LogP contribution in [0.1, 0.15) is 16.7 Å². The number of benzene rings is 3. The Labute approximate surface area is 137 Å². The monoisotopic (exact) mass is 303 g/mol. The van der Waals surface area contributed by atoms with Crippen LogP contribution in [-0.2, 0) is 19.7 Å². The van der Waals surface area contributed by atoms with Crippen molar-refractivity contribution in [1.29, 1.82) is 0 Å². The van der Waals surface area contributed by atoms with E-state index < -0.39 is 0 Å². The van der Waals surface area contributed by atoms with Gasteiger partial charge in [-0.2, -0.15) is 0 Å². The van der Waals surface area contributed by atoms with Crippen molar-refractivity contribution in [2.75, 3.05) is 4.90 Å². The number of anilines is 1. The van der Waals surface area contributed by atoms with Gasteiger partial charge < -0.3 is 10.0 Å². The molecule has 0 spiro atoms. The van der Waals surface area contributed by atoms with Gasteiger partial charge in [-0.1, -0.05) is 72.8 Å². The van der Waals surface area contributed by atoms with Gasteiger partial charge in [0.15, 0.2) is 0 Å². The Bertz CT molecular complexity index is 666. The summed E-state index contributed by atoms with van der Waals surface area (Å²) >= 11 is 0. The zero-order valence-corrected chi connectivity index (χ0v) is 13.1. The fraction of sp³-hybridized carbons (Fsp3) is 0.143. The second kappa shape index (κ2) is 7.61. The predicted octanol–water partition coefficient (Wildman–Crippen LogP) is 4.39. The van der Waals surface area contributed by atoms with Crippen LogP contribution in [0.5, 0.6) is 0 Å². The summed E-state index contributed by atoms with van der Waals surface area (Å²) in [5.41, 5.74) is 4.67. The number of rotatable bonds is 6. The quantitative estimate of drug-likeness (QED) is 0.730. The molecule has 3 aromatic rings. The highest BCUT2D eigenvalue weighted by Gasteiger charge is 2.08. The topological polar surface area (TPSA) is 23.5 Å². The SMILES string of the molecule is OCc1ccc(N(Cc2ccccc2)Cc2ccccc2)cc1. The molecule has 23 heavy (non-hydrogen) atoms. The van der Waals surface area contributed by atoms with E-state index >= 15 is 0 Å². The van der Waals surface area contributed by atoms with E-state index in [0.29, 0.717) is 0 Å². The van der Waals surface area contributed by atoms with E-state index in [0.717, 1.165) is 24.3 Å². The fourth-order valence-electron chi connectivity index (χ4n) is 2.66. The summed E-state index contributed by atoms with van der Waals surface area (Å²) in [6.45, 7) is 1.79. The van der Waals surface area contributed by atoms with Crippen molar-refractivity contribution in [1.82, 2.24) is 0 Å².